The van der Waals surface area contributed by atoms with Crippen LogP contribution in [0.25, 0.3) is 0 Å². The summed E-state index contributed by atoms with van der Waals surface area (Å²) in [6.07, 6.45) is -24.5. The van der Waals surface area contributed by atoms with Crippen LogP contribution in [0.4, 0.5) is 4.39 Å². The number of carbonyl (C=O) groups is 3. The van der Waals surface area contributed by atoms with Gasteiger partial charge in [-0.05, 0) is 20.8 Å². The Kier molecular flexibility index (Phi) is 10.7. The van der Waals surface area contributed by atoms with Crippen molar-refractivity contribution in [3.05, 3.63) is 0 Å². The number of rotatable bonds is 11. The van der Waals surface area contributed by atoms with Crippen LogP contribution in [0, 0.1) is 5.92 Å². The number of alkyl halides is 1. The van der Waals surface area contributed by atoms with Crippen LogP contribution in [0.5, 0.6) is 0 Å². The normalized spacial score (nSPS) is 44.2. The smallest absolute Gasteiger partial charge is 0.335 e. The van der Waals surface area contributed by atoms with Gasteiger partial charge in [0.1, 0.15) is 48.3 Å². The summed E-state index contributed by atoms with van der Waals surface area (Å²) in [5.74, 6) is -6.45. The minimum absolute atomic E-state index is 0.829. The third kappa shape index (κ3) is 6.35. The summed E-state index contributed by atoms with van der Waals surface area (Å²) < 4.78 is 41.1. The largest absolute Gasteiger partial charge is 0.479 e. The molecule has 18 nitrogen and oxygen atoms in total. The Morgan fingerprint density at radius 2 is 1.51 bits per heavy atom. The van der Waals surface area contributed by atoms with Gasteiger partial charge < -0.3 is 75.0 Å². The second kappa shape index (κ2) is 13.1. The molecule has 3 rings (SSSR count). The van der Waals surface area contributed by atoms with Gasteiger partial charge in [-0.1, -0.05) is 0 Å². The Morgan fingerprint density at radius 1 is 0.930 bits per heavy atom. The zero-order valence-electron chi connectivity index (χ0n) is 23.5. The molecule has 1 saturated carbocycles. The first-order valence-electron chi connectivity index (χ1n) is 13.2. The van der Waals surface area contributed by atoms with E-state index in [1.54, 1.807) is 0 Å². The van der Waals surface area contributed by atoms with Crippen molar-refractivity contribution in [1.29, 1.82) is 0 Å². The van der Waals surface area contributed by atoms with Crippen LogP contribution in [0.1, 0.15) is 20.8 Å². The molecule has 19 heteroatoms. The van der Waals surface area contributed by atoms with Crippen LogP contribution in [0.2, 0.25) is 0 Å². The van der Waals surface area contributed by atoms with Crippen molar-refractivity contribution in [2.45, 2.75) is 112 Å². The van der Waals surface area contributed by atoms with Gasteiger partial charge >= 0.3 is 11.9 Å². The molecule has 15 atom stereocenters. The highest BCUT2D eigenvalue weighted by molar-refractivity contribution is 5.85. The maximum Gasteiger partial charge on any atom is 0.335 e. The lowest BCUT2D eigenvalue weighted by molar-refractivity contribution is -0.364. The number of hydrogen-bond acceptors (Lipinski definition) is 15. The Labute approximate surface area is 243 Å². The molecule has 43 heavy (non-hydrogen) atoms. The van der Waals surface area contributed by atoms with Crippen molar-refractivity contribution in [1.82, 2.24) is 5.32 Å². The number of amides is 1. The zero-order chi connectivity index (χ0) is 32.8. The van der Waals surface area contributed by atoms with Crippen LogP contribution in [0.3, 0.4) is 0 Å². The molecule has 3 aliphatic rings. The lowest BCUT2D eigenvalue weighted by Gasteiger charge is -2.60. The molecule has 2 aliphatic heterocycles. The second-order valence-electron chi connectivity index (χ2n) is 11.2. The number of aliphatic hydroxyl groups excluding tert-OH is 7. The first-order valence-corrected chi connectivity index (χ1v) is 13.2. The minimum atomic E-state index is -2.64. The first kappa shape index (κ1) is 35.3. The molecule has 0 aromatic carbocycles. The molecule has 0 aromatic heterocycles. The number of carboxylic acids is 2. The SMILES string of the molecule is COC1[C@H](O[C@@H](O)[C@@]2(NC(=O)C(C)(C)F)C(O)[C@H](O[C@@H]3OC(C(=O)O)[C@@H](O)C(O)[C@@H]3O)C2CO)C(C(=O)O)O[C@@H](C)[C@H]1O. The molecule has 0 aromatic rings. The molecule has 248 valence electrons. The van der Waals surface area contributed by atoms with E-state index < -0.39 is 121 Å². The van der Waals surface area contributed by atoms with E-state index in [1.807, 2.05) is 0 Å². The fourth-order valence-electron chi connectivity index (χ4n) is 5.42. The summed E-state index contributed by atoms with van der Waals surface area (Å²) in [4.78, 5) is 36.1. The van der Waals surface area contributed by atoms with E-state index >= 15 is 0 Å². The molecular weight excluding hydrogens is 593 g/mol. The number of carboxylic acid groups (broad SMARTS) is 2. The highest BCUT2D eigenvalue weighted by Crippen LogP contribution is 2.46. The van der Waals surface area contributed by atoms with Gasteiger partial charge in [-0.25, -0.2) is 14.0 Å². The Hall–Kier alpha value is -2.14. The standard InChI is InChI=1S/C24H38FNO17/c1-6-8(28)13(39-4)15(16(40-6)19(35)36)43-22(38)24(26-21(37)23(2,3)25)7(5-27)12(17(24)32)41-20-11(31)9(29)10(30)14(42-20)18(33)34/h6-17,20,22,27-32,38H,5H2,1-4H3,(H,26,37)(H,33,34)(H,35,36)/t6-,7?,8+,9?,10-,11-,12+,13?,14?,15-,16?,17?,20+,22+,24-/m0/s1. The minimum Gasteiger partial charge on any atom is -0.479 e. The third-order valence-electron chi connectivity index (χ3n) is 7.99. The van der Waals surface area contributed by atoms with Crippen LogP contribution >= 0.6 is 0 Å². The topological polar surface area (TPSA) is 291 Å². The summed E-state index contributed by atoms with van der Waals surface area (Å²) >= 11 is 0. The molecule has 0 spiro atoms. The Balaban J connectivity index is 1.97. The molecule has 1 amide bonds. The zero-order valence-corrected chi connectivity index (χ0v) is 23.5. The number of methoxy groups -OCH3 is 1. The summed E-state index contributed by atoms with van der Waals surface area (Å²) in [5, 5.41) is 94.6. The number of aliphatic hydroxyl groups is 7. The Bertz CT molecular complexity index is 1030. The number of carbonyl (C=O) groups excluding carboxylic acids is 1. The summed E-state index contributed by atoms with van der Waals surface area (Å²) in [6.45, 7) is 1.93. The van der Waals surface area contributed by atoms with E-state index in [-0.39, 0.29) is 0 Å². The van der Waals surface area contributed by atoms with Crippen LogP contribution in [-0.4, -0.2) is 168 Å². The summed E-state index contributed by atoms with van der Waals surface area (Å²) in [5.41, 5.74) is -5.21. The first-order chi connectivity index (χ1) is 19.8. The van der Waals surface area contributed by atoms with E-state index in [0.717, 1.165) is 21.0 Å². The number of hydrogen-bond donors (Lipinski definition) is 10. The van der Waals surface area contributed by atoms with E-state index in [0.29, 0.717) is 0 Å². The van der Waals surface area contributed by atoms with Gasteiger partial charge in [-0.15, -0.1) is 0 Å². The lowest BCUT2D eigenvalue weighted by atomic mass is 9.60. The summed E-state index contributed by atoms with van der Waals surface area (Å²) in [6, 6.07) is 0. The quantitative estimate of drug-likeness (QED) is 0.0953. The van der Waals surface area contributed by atoms with Crippen LogP contribution < -0.4 is 5.32 Å². The molecule has 1 aliphatic carbocycles. The number of nitrogens with one attached hydrogen (secondary N) is 1. The predicted molar refractivity (Wildman–Crippen MR) is 131 cm³/mol. The van der Waals surface area contributed by atoms with Crippen molar-refractivity contribution < 1.29 is 88.4 Å². The maximum absolute atomic E-state index is 14.6. The van der Waals surface area contributed by atoms with Gasteiger partial charge in [0, 0.05) is 13.0 Å². The van der Waals surface area contributed by atoms with Gasteiger partial charge in [0.15, 0.2) is 30.5 Å². The van der Waals surface area contributed by atoms with Gasteiger partial charge in [0.25, 0.3) is 5.91 Å². The second-order valence-corrected chi connectivity index (χ2v) is 11.2. The lowest BCUT2D eigenvalue weighted by Crippen LogP contribution is -2.84. The van der Waals surface area contributed by atoms with Crippen molar-refractivity contribution in [2.24, 2.45) is 5.92 Å². The summed E-state index contributed by atoms with van der Waals surface area (Å²) in [7, 11) is 1.10. The molecule has 3 fully saturated rings. The van der Waals surface area contributed by atoms with Crippen molar-refractivity contribution in [2.75, 3.05) is 13.7 Å². The van der Waals surface area contributed by atoms with E-state index in [4.69, 9.17) is 23.7 Å². The molecule has 10 N–H and O–H groups in total. The molecular formula is C24H38FNO17. The third-order valence-corrected chi connectivity index (χ3v) is 7.99. The highest BCUT2D eigenvalue weighted by Gasteiger charge is 2.70. The van der Waals surface area contributed by atoms with Gasteiger partial charge in [-0.2, -0.15) is 0 Å². The fourth-order valence-corrected chi connectivity index (χ4v) is 5.42. The number of aliphatic carboxylic acids is 2. The Morgan fingerprint density at radius 3 is 2.00 bits per heavy atom. The monoisotopic (exact) mass is 631 g/mol. The molecule has 2 saturated heterocycles. The van der Waals surface area contributed by atoms with Gasteiger partial charge in [0.05, 0.1) is 18.8 Å². The highest BCUT2D eigenvalue weighted by atomic mass is 19.1. The van der Waals surface area contributed by atoms with Crippen molar-refractivity contribution >= 4 is 17.8 Å². The number of halogens is 1. The predicted octanol–water partition coefficient (Wildman–Crippen LogP) is -5.20. The maximum atomic E-state index is 14.6. The van der Waals surface area contributed by atoms with Crippen LogP contribution in [0.15, 0.2) is 0 Å². The van der Waals surface area contributed by atoms with Gasteiger partial charge in [-0.3, -0.25) is 4.79 Å². The van der Waals surface area contributed by atoms with Crippen molar-refractivity contribution in [3.63, 3.8) is 0 Å². The molecule has 2 heterocycles. The average molecular weight is 632 g/mol. The molecule has 0 bridgehead atoms. The molecule has 6 unspecified atom stereocenters. The van der Waals surface area contributed by atoms with Crippen molar-refractivity contribution in [3.8, 4) is 0 Å². The van der Waals surface area contributed by atoms with Gasteiger partial charge in [0.2, 0.25) is 0 Å². The van der Waals surface area contributed by atoms with Crippen LogP contribution in [-0.2, 0) is 38.1 Å². The fraction of sp³-hybridized carbons (Fsp3) is 0.875. The number of ether oxygens (including phenoxy) is 5. The van der Waals surface area contributed by atoms with E-state index in [1.165, 1.54) is 6.92 Å². The molecule has 0 radical (unpaired) electrons. The average Bonchev–Trinajstić information content (AvgIpc) is 2.92. The van der Waals surface area contributed by atoms with E-state index in [2.05, 4.69) is 5.32 Å². The van der Waals surface area contributed by atoms with E-state index in [9.17, 15) is 64.7 Å².